The molecular formula is C14H20FNO4S. The number of ether oxygens (including phenoxy) is 1. The summed E-state index contributed by atoms with van der Waals surface area (Å²) in [7, 11) is -2.85. The number of methoxy groups -OCH3 is 1. The molecule has 0 radical (unpaired) electrons. The van der Waals surface area contributed by atoms with Crippen LogP contribution in [0.2, 0.25) is 0 Å². The fourth-order valence-corrected chi connectivity index (χ4v) is 2.87. The van der Waals surface area contributed by atoms with Crippen molar-refractivity contribution in [3.05, 3.63) is 29.6 Å². The highest BCUT2D eigenvalue weighted by molar-refractivity contribution is 7.89. The minimum Gasteiger partial charge on any atom is -0.465 e. The molecule has 0 saturated carbocycles. The van der Waals surface area contributed by atoms with Gasteiger partial charge in [-0.2, -0.15) is 0 Å². The predicted octanol–water partition coefficient (Wildman–Crippen LogP) is 2.33. The van der Waals surface area contributed by atoms with Gasteiger partial charge in [0.15, 0.2) is 0 Å². The van der Waals surface area contributed by atoms with E-state index in [9.17, 15) is 17.6 Å². The van der Waals surface area contributed by atoms with Gasteiger partial charge in [-0.1, -0.05) is 20.8 Å². The molecule has 1 aromatic rings. The number of nitrogens with one attached hydrogen (secondary N) is 1. The molecule has 118 valence electrons. The van der Waals surface area contributed by atoms with Crippen molar-refractivity contribution < 1.29 is 22.3 Å². The second-order valence-corrected chi connectivity index (χ2v) is 7.58. The average Bonchev–Trinajstić information content (AvgIpc) is 2.36. The third-order valence-electron chi connectivity index (χ3n) is 2.81. The zero-order chi connectivity index (χ0) is 16.3. The van der Waals surface area contributed by atoms with Crippen LogP contribution in [-0.4, -0.2) is 28.0 Å². The molecule has 0 saturated heterocycles. The molecule has 0 aliphatic carbocycles. The van der Waals surface area contributed by atoms with Crippen LogP contribution in [0.15, 0.2) is 23.1 Å². The number of sulfonamides is 1. The Kier molecular flexibility index (Phi) is 5.47. The van der Waals surface area contributed by atoms with Crippen LogP contribution >= 0.6 is 0 Å². The van der Waals surface area contributed by atoms with Crippen molar-refractivity contribution in [2.45, 2.75) is 32.1 Å². The summed E-state index contributed by atoms with van der Waals surface area (Å²) < 4.78 is 44.7. The third kappa shape index (κ3) is 5.09. The van der Waals surface area contributed by atoms with Crippen molar-refractivity contribution in [2.75, 3.05) is 13.7 Å². The van der Waals surface area contributed by atoms with Crippen molar-refractivity contribution in [1.29, 1.82) is 0 Å². The topological polar surface area (TPSA) is 72.5 Å². The van der Waals surface area contributed by atoms with Gasteiger partial charge < -0.3 is 4.74 Å². The number of carbonyl (C=O) groups is 1. The van der Waals surface area contributed by atoms with Gasteiger partial charge in [0.25, 0.3) is 0 Å². The Morgan fingerprint density at radius 1 is 1.33 bits per heavy atom. The fourth-order valence-electron chi connectivity index (χ4n) is 1.64. The van der Waals surface area contributed by atoms with E-state index in [1.807, 2.05) is 20.8 Å². The summed E-state index contributed by atoms with van der Waals surface area (Å²) in [6, 6.07) is 2.92. The molecule has 1 N–H and O–H groups in total. The van der Waals surface area contributed by atoms with E-state index >= 15 is 0 Å². The van der Waals surface area contributed by atoms with Crippen LogP contribution in [0.3, 0.4) is 0 Å². The van der Waals surface area contributed by atoms with Crippen LogP contribution in [0.1, 0.15) is 37.6 Å². The van der Waals surface area contributed by atoms with Crippen molar-refractivity contribution in [2.24, 2.45) is 5.41 Å². The summed E-state index contributed by atoms with van der Waals surface area (Å²) in [4.78, 5) is 11.2. The molecular weight excluding hydrogens is 297 g/mol. The molecule has 5 nitrogen and oxygen atoms in total. The number of hydrogen-bond acceptors (Lipinski definition) is 4. The smallest absolute Gasteiger partial charge is 0.339 e. The van der Waals surface area contributed by atoms with Crippen LogP contribution in [0.5, 0.6) is 0 Å². The summed E-state index contributed by atoms with van der Waals surface area (Å²) in [6.45, 7) is 6.12. The Balaban J connectivity index is 3.07. The number of esters is 1. The second kappa shape index (κ2) is 6.53. The van der Waals surface area contributed by atoms with Crippen LogP contribution in [-0.2, 0) is 14.8 Å². The van der Waals surface area contributed by atoms with Gasteiger partial charge in [0.2, 0.25) is 10.0 Å². The Morgan fingerprint density at radius 2 is 1.95 bits per heavy atom. The number of carbonyl (C=O) groups excluding carboxylic acids is 1. The number of hydrogen-bond donors (Lipinski definition) is 1. The first kappa shape index (κ1) is 17.6. The molecule has 0 unspecified atom stereocenters. The van der Waals surface area contributed by atoms with Crippen molar-refractivity contribution in [3.63, 3.8) is 0 Å². The average molecular weight is 317 g/mol. The molecule has 1 rings (SSSR count). The van der Waals surface area contributed by atoms with E-state index in [4.69, 9.17) is 0 Å². The quantitative estimate of drug-likeness (QED) is 0.846. The molecule has 0 aromatic heterocycles. The predicted molar refractivity (Wildman–Crippen MR) is 77.0 cm³/mol. The van der Waals surface area contributed by atoms with Gasteiger partial charge in [-0.15, -0.1) is 0 Å². The van der Waals surface area contributed by atoms with Gasteiger partial charge in [0.05, 0.1) is 17.6 Å². The van der Waals surface area contributed by atoms with Gasteiger partial charge in [0, 0.05) is 6.54 Å². The zero-order valence-electron chi connectivity index (χ0n) is 12.6. The second-order valence-electron chi connectivity index (χ2n) is 5.84. The lowest BCUT2D eigenvalue weighted by molar-refractivity contribution is 0.0596. The molecule has 1 aromatic carbocycles. The first-order valence-electron chi connectivity index (χ1n) is 6.44. The Hall–Kier alpha value is -1.47. The minimum absolute atomic E-state index is 0.0460. The molecule has 0 aliphatic heterocycles. The highest BCUT2D eigenvalue weighted by Gasteiger charge is 2.24. The van der Waals surface area contributed by atoms with Crippen LogP contribution in [0.4, 0.5) is 4.39 Å². The molecule has 7 heteroatoms. The summed E-state index contributed by atoms with van der Waals surface area (Å²) in [5.74, 6) is -1.56. The van der Waals surface area contributed by atoms with Crippen LogP contribution in [0.25, 0.3) is 0 Å². The summed E-state index contributed by atoms with van der Waals surface area (Å²) in [5, 5.41) is 0. The van der Waals surface area contributed by atoms with E-state index in [0.29, 0.717) is 6.42 Å². The standard InChI is InChI=1S/C14H20FNO4S/c1-14(2,3)7-8-16-21(18,19)12-9-10(15)5-6-11(12)13(17)20-4/h5-6,9,16H,7-8H2,1-4H3. The lowest BCUT2D eigenvalue weighted by atomic mass is 9.93. The highest BCUT2D eigenvalue weighted by Crippen LogP contribution is 2.20. The molecule has 0 heterocycles. The van der Waals surface area contributed by atoms with E-state index in [2.05, 4.69) is 9.46 Å². The van der Waals surface area contributed by atoms with Gasteiger partial charge in [-0.25, -0.2) is 22.3 Å². The van der Waals surface area contributed by atoms with Gasteiger partial charge in [-0.05, 0) is 30.0 Å². The maximum Gasteiger partial charge on any atom is 0.339 e. The third-order valence-corrected chi connectivity index (χ3v) is 4.31. The van der Waals surface area contributed by atoms with E-state index in [0.717, 1.165) is 25.3 Å². The Bertz CT molecular complexity index is 620. The van der Waals surface area contributed by atoms with Gasteiger partial charge in [-0.3, -0.25) is 0 Å². The molecule has 21 heavy (non-hydrogen) atoms. The molecule has 0 aliphatic rings. The van der Waals surface area contributed by atoms with Gasteiger partial charge in [0.1, 0.15) is 5.82 Å². The normalized spacial score (nSPS) is 12.2. The van der Waals surface area contributed by atoms with Crippen LogP contribution in [0, 0.1) is 11.2 Å². The minimum atomic E-state index is -3.98. The summed E-state index contributed by atoms with van der Waals surface area (Å²) >= 11 is 0. The highest BCUT2D eigenvalue weighted by atomic mass is 32.2. The van der Waals surface area contributed by atoms with E-state index in [-0.39, 0.29) is 17.5 Å². The summed E-state index contributed by atoms with van der Waals surface area (Å²) in [5.41, 5.74) is -0.238. The van der Waals surface area contributed by atoms with Crippen molar-refractivity contribution >= 4 is 16.0 Å². The number of rotatable bonds is 5. The lowest BCUT2D eigenvalue weighted by Gasteiger charge is -2.18. The summed E-state index contributed by atoms with van der Waals surface area (Å²) in [6.07, 6.45) is 0.606. The maximum absolute atomic E-state index is 13.3. The maximum atomic E-state index is 13.3. The van der Waals surface area contributed by atoms with Crippen molar-refractivity contribution in [3.8, 4) is 0 Å². The van der Waals surface area contributed by atoms with E-state index in [1.54, 1.807) is 0 Å². The molecule has 0 bridgehead atoms. The van der Waals surface area contributed by atoms with E-state index in [1.165, 1.54) is 0 Å². The van der Waals surface area contributed by atoms with Crippen molar-refractivity contribution in [1.82, 2.24) is 4.72 Å². The fraction of sp³-hybridized carbons (Fsp3) is 0.500. The Labute approximate surface area is 124 Å². The zero-order valence-corrected chi connectivity index (χ0v) is 13.4. The monoisotopic (exact) mass is 317 g/mol. The molecule has 0 fully saturated rings. The van der Waals surface area contributed by atoms with E-state index < -0.39 is 26.7 Å². The molecule has 0 atom stereocenters. The van der Waals surface area contributed by atoms with Crippen LogP contribution < -0.4 is 4.72 Å². The number of halogens is 1. The SMILES string of the molecule is COC(=O)c1ccc(F)cc1S(=O)(=O)NCCC(C)(C)C. The first-order chi connectivity index (χ1) is 9.57. The first-order valence-corrected chi connectivity index (χ1v) is 7.93. The Morgan fingerprint density at radius 3 is 2.48 bits per heavy atom. The lowest BCUT2D eigenvalue weighted by Crippen LogP contribution is -2.29. The molecule has 0 amide bonds. The van der Waals surface area contributed by atoms with Gasteiger partial charge >= 0.3 is 5.97 Å². The molecule has 0 spiro atoms. The largest absolute Gasteiger partial charge is 0.465 e. The number of benzene rings is 1.